The molecule has 18 heavy (non-hydrogen) atoms. The molecule has 0 radical (unpaired) electrons. The first-order valence-electron chi connectivity index (χ1n) is 4.81. The van der Waals surface area contributed by atoms with Crippen LogP contribution in [0, 0.1) is 0 Å². The normalized spacial score (nSPS) is 10.9. The van der Waals surface area contributed by atoms with E-state index in [0.29, 0.717) is 0 Å². The van der Waals surface area contributed by atoms with Gasteiger partial charge in [0.1, 0.15) is 11.5 Å². The van der Waals surface area contributed by atoms with Gasteiger partial charge in [0.25, 0.3) is 0 Å². The number of nitrogens with two attached hydrogens (primary N) is 2. The second-order valence-electron chi connectivity index (χ2n) is 3.06. The summed E-state index contributed by atoms with van der Waals surface area (Å²) in [5, 5.41) is 0. The Morgan fingerprint density at radius 3 is 2.83 bits per heavy atom. The summed E-state index contributed by atoms with van der Waals surface area (Å²) in [6, 6.07) is 2.79. The number of pyridine rings is 1. The largest absolute Gasteiger partial charge is 0.448 e. The summed E-state index contributed by atoms with van der Waals surface area (Å²) in [6.07, 6.45) is 0.421. The first-order chi connectivity index (χ1) is 8.47. The van der Waals surface area contributed by atoms with Gasteiger partial charge in [-0.25, -0.2) is 28.8 Å². The minimum atomic E-state index is -3.79. The average molecular weight is 275 g/mol. The maximum absolute atomic E-state index is 11.8. The molecule has 0 fully saturated rings. The molecule has 0 aliphatic heterocycles. The number of hydrogen-bond acceptors (Lipinski definition) is 7. The van der Waals surface area contributed by atoms with Gasteiger partial charge in [-0.1, -0.05) is 0 Å². The lowest BCUT2D eigenvalue weighted by Gasteiger charge is -2.09. The minimum Gasteiger partial charge on any atom is -0.448 e. The fourth-order valence-electron chi connectivity index (χ4n) is 1.12. The zero-order chi connectivity index (χ0) is 13.6. The molecule has 0 aliphatic carbocycles. The van der Waals surface area contributed by atoms with Crippen molar-refractivity contribution in [1.82, 2.24) is 9.71 Å². The summed E-state index contributed by atoms with van der Waals surface area (Å²) in [7, 11) is -3.79. The minimum absolute atomic E-state index is 0.0146. The Balaban J connectivity index is 2.71. The SMILES string of the molecule is NNc1ncccc1S(=O)(=O)NCCOC(N)=O. The van der Waals surface area contributed by atoms with Crippen LogP contribution in [0.15, 0.2) is 23.2 Å². The second-order valence-corrected chi connectivity index (χ2v) is 4.80. The molecule has 1 heterocycles. The molecule has 1 rings (SSSR count). The zero-order valence-electron chi connectivity index (χ0n) is 9.29. The maximum Gasteiger partial charge on any atom is 0.404 e. The molecule has 1 aromatic heterocycles. The number of carbonyl (C=O) groups is 1. The van der Waals surface area contributed by atoms with Crippen molar-refractivity contribution in [3.8, 4) is 0 Å². The smallest absolute Gasteiger partial charge is 0.404 e. The molecule has 9 nitrogen and oxygen atoms in total. The highest BCUT2D eigenvalue weighted by Gasteiger charge is 2.18. The topological polar surface area (TPSA) is 149 Å². The Morgan fingerprint density at radius 2 is 2.22 bits per heavy atom. The van der Waals surface area contributed by atoms with E-state index in [0.717, 1.165) is 0 Å². The van der Waals surface area contributed by atoms with Crippen LogP contribution < -0.4 is 21.7 Å². The predicted molar refractivity (Wildman–Crippen MR) is 62.8 cm³/mol. The highest BCUT2D eigenvalue weighted by atomic mass is 32.2. The molecule has 0 unspecified atom stereocenters. The standard InChI is InChI=1S/C8H13N5O4S/c9-8(14)17-5-4-12-18(15,16)6-2-1-3-11-7(6)13-10/h1-3,12H,4-5,10H2,(H2,9,14)(H,11,13). The molecule has 10 heteroatoms. The van der Waals surface area contributed by atoms with Crippen molar-refractivity contribution >= 4 is 21.9 Å². The molecular formula is C8H13N5O4S. The summed E-state index contributed by atoms with van der Waals surface area (Å²) in [4.78, 5) is 13.9. The third-order valence-corrected chi connectivity index (χ3v) is 3.33. The highest BCUT2D eigenvalue weighted by molar-refractivity contribution is 7.89. The summed E-state index contributed by atoms with van der Waals surface area (Å²) >= 11 is 0. The number of sulfonamides is 1. The molecule has 0 saturated carbocycles. The number of ether oxygens (including phenoxy) is 1. The number of aromatic nitrogens is 1. The molecule has 1 amide bonds. The lowest BCUT2D eigenvalue weighted by atomic mass is 10.5. The van der Waals surface area contributed by atoms with E-state index >= 15 is 0 Å². The van der Waals surface area contributed by atoms with Gasteiger partial charge < -0.3 is 15.9 Å². The number of primary amides is 1. The Bertz CT molecular complexity index is 518. The molecule has 0 aromatic carbocycles. The number of carbonyl (C=O) groups excluding carboxylic acids is 1. The number of nitrogens with zero attached hydrogens (tertiary/aromatic N) is 1. The summed E-state index contributed by atoms with van der Waals surface area (Å²) < 4.78 is 30.3. The highest BCUT2D eigenvalue weighted by Crippen LogP contribution is 2.15. The molecule has 1 aromatic rings. The van der Waals surface area contributed by atoms with E-state index in [1.807, 2.05) is 0 Å². The maximum atomic E-state index is 11.8. The van der Waals surface area contributed by atoms with Gasteiger partial charge >= 0.3 is 6.09 Å². The molecule has 0 atom stereocenters. The number of nitrogen functional groups attached to an aromatic ring is 1. The van der Waals surface area contributed by atoms with E-state index in [9.17, 15) is 13.2 Å². The number of rotatable bonds is 6. The fraction of sp³-hybridized carbons (Fsp3) is 0.250. The van der Waals surface area contributed by atoms with Gasteiger partial charge in [0.2, 0.25) is 10.0 Å². The summed E-state index contributed by atoms with van der Waals surface area (Å²) in [6.45, 7) is -0.273. The summed E-state index contributed by atoms with van der Waals surface area (Å²) in [5.41, 5.74) is 6.90. The lowest BCUT2D eigenvalue weighted by molar-refractivity contribution is 0.159. The van der Waals surface area contributed by atoms with E-state index < -0.39 is 16.1 Å². The number of nitrogens with one attached hydrogen (secondary N) is 2. The first kappa shape index (κ1) is 14.2. The van der Waals surface area contributed by atoms with Crippen molar-refractivity contribution in [3.63, 3.8) is 0 Å². The van der Waals surface area contributed by atoms with Crippen LogP contribution in [-0.4, -0.2) is 32.6 Å². The van der Waals surface area contributed by atoms with Gasteiger partial charge in [-0.15, -0.1) is 0 Å². The monoisotopic (exact) mass is 275 g/mol. The van der Waals surface area contributed by atoms with Gasteiger partial charge in [0.15, 0.2) is 5.82 Å². The van der Waals surface area contributed by atoms with Crippen LogP contribution in [0.2, 0.25) is 0 Å². The molecule has 0 spiro atoms. The second kappa shape index (κ2) is 6.14. The van der Waals surface area contributed by atoms with Crippen LogP contribution in [0.25, 0.3) is 0 Å². The molecule has 100 valence electrons. The Morgan fingerprint density at radius 1 is 1.50 bits per heavy atom. The average Bonchev–Trinajstić information content (AvgIpc) is 2.34. The van der Waals surface area contributed by atoms with E-state index in [2.05, 4.69) is 19.9 Å². The van der Waals surface area contributed by atoms with Gasteiger partial charge in [0.05, 0.1) is 0 Å². The van der Waals surface area contributed by atoms with E-state index in [1.165, 1.54) is 18.3 Å². The molecule has 6 N–H and O–H groups in total. The van der Waals surface area contributed by atoms with E-state index in [4.69, 9.17) is 11.6 Å². The van der Waals surface area contributed by atoms with Gasteiger partial charge in [-0.2, -0.15) is 0 Å². The third kappa shape index (κ3) is 3.84. The molecule has 0 aliphatic rings. The van der Waals surface area contributed by atoms with Crippen molar-refractivity contribution in [1.29, 1.82) is 0 Å². The Kier molecular flexibility index (Phi) is 4.83. The predicted octanol–water partition coefficient (Wildman–Crippen LogP) is -1.26. The van der Waals surface area contributed by atoms with Crippen molar-refractivity contribution in [3.05, 3.63) is 18.3 Å². The Hall–Kier alpha value is -1.91. The van der Waals surface area contributed by atoms with Crippen LogP contribution >= 0.6 is 0 Å². The molecule has 0 bridgehead atoms. The van der Waals surface area contributed by atoms with E-state index in [1.54, 1.807) is 0 Å². The number of anilines is 1. The zero-order valence-corrected chi connectivity index (χ0v) is 10.1. The number of hydrogen-bond donors (Lipinski definition) is 4. The van der Waals surface area contributed by atoms with E-state index in [-0.39, 0.29) is 23.9 Å². The number of amides is 1. The van der Waals surface area contributed by atoms with Crippen LogP contribution in [0.3, 0.4) is 0 Å². The Labute approximate surface area is 104 Å². The van der Waals surface area contributed by atoms with Crippen molar-refractivity contribution in [2.45, 2.75) is 4.90 Å². The fourth-order valence-corrected chi connectivity index (χ4v) is 2.25. The van der Waals surface area contributed by atoms with Crippen molar-refractivity contribution in [2.75, 3.05) is 18.6 Å². The number of hydrazine groups is 1. The molecular weight excluding hydrogens is 262 g/mol. The van der Waals surface area contributed by atoms with Crippen LogP contribution in [0.5, 0.6) is 0 Å². The third-order valence-electron chi connectivity index (χ3n) is 1.84. The van der Waals surface area contributed by atoms with Crippen LogP contribution in [0.4, 0.5) is 10.6 Å². The van der Waals surface area contributed by atoms with Crippen LogP contribution in [-0.2, 0) is 14.8 Å². The van der Waals surface area contributed by atoms with Crippen molar-refractivity contribution in [2.24, 2.45) is 11.6 Å². The lowest BCUT2D eigenvalue weighted by Crippen LogP contribution is -2.30. The molecule has 0 saturated heterocycles. The summed E-state index contributed by atoms with van der Waals surface area (Å²) in [5.74, 6) is 5.17. The van der Waals surface area contributed by atoms with Gasteiger partial charge in [-0.3, -0.25) is 0 Å². The van der Waals surface area contributed by atoms with Gasteiger partial charge in [0, 0.05) is 12.7 Å². The quantitative estimate of drug-likeness (QED) is 0.287. The van der Waals surface area contributed by atoms with Crippen molar-refractivity contribution < 1.29 is 17.9 Å². The van der Waals surface area contributed by atoms with Crippen LogP contribution in [0.1, 0.15) is 0 Å². The van der Waals surface area contributed by atoms with Gasteiger partial charge in [-0.05, 0) is 12.1 Å². The first-order valence-corrected chi connectivity index (χ1v) is 6.29.